The summed E-state index contributed by atoms with van der Waals surface area (Å²) in [5.74, 6) is -0.510. The first-order chi connectivity index (χ1) is 11.9. The Morgan fingerprint density at radius 2 is 2.08 bits per heavy atom. The van der Waals surface area contributed by atoms with Crippen molar-refractivity contribution in [3.63, 3.8) is 0 Å². The number of nitrogens with zero attached hydrogens (tertiary/aromatic N) is 3. The van der Waals surface area contributed by atoms with Crippen LogP contribution >= 0.6 is 0 Å². The van der Waals surface area contributed by atoms with Gasteiger partial charge in [-0.25, -0.2) is 5.06 Å². The van der Waals surface area contributed by atoms with Gasteiger partial charge in [-0.2, -0.15) is 0 Å². The van der Waals surface area contributed by atoms with E-state index in [1.165, 1.54) is 20.4 Å². The second kappa shape index (κ2) is 7.72. The first kappa shape index (κ1) is 18.4. The Bertz CT molecular complexity index is 925. The average Bonchev–Trinajstić information content (AvgIpc) is 2.61. The van der Waals surface area contributed by atoms with E-state index in [0.717, 1.165) is 5.06 Å². The number of pyridine rings is 1. The van der Waals surface area contributed by atoms with Gasteiger partial charge in [0.15, 0.2) is 0 Å². The Hall–Kier alpha value is -2.99. The zero-order valence-corrected chi connectivity index (χ0v) is 14.7. The largest absolute Gasteiger partial charge is 0.340 e. The molecule has 0 aliphatic heterocycles. The quantitative estimate of drug-likeness (QED) is 0.600. The van der Waals surface area contributed by atoms with E-state index >= 15 is 0 Å². The molecule has 0 aliphatic rings. The summed E-state index contributed by atoms with van der Waals surface area (Å²) in [6, 6.07) is 7.12. The van der Waals surface area contributed by atoms with Crippen LogP contribution in [-0.2, 0) is 11.4 Å². The van der Waals surface area contributed by atoms with Gasteiger partial charge in [-0.3, -0.25) is 19.4 Å². The Labute approximate surface area is 146 Å². The number of carbonyl (C=O) groups excluding carboxylic acids is 1. The molecule has 1 aromatic heterocycles. The van der Waals surface area contributed by atoms with E-state index in [1.807, 2.05) is 12.1 Å². The molecule has 6 heteroatoms. The van der Waals surface area contributed by atoms with Crippen LogP contribution < -0.4 is 5.43 Å². The maximum atomic E-state index is 12.7. The van der Waals surface area contributed by atoms with Gasteiger partial charge < -0.3 is 4.57 Å². The minimum Gasteiger partial charge on any atom is -0.340 e. The van der Waals surface area contributed by atoms with Crippen LogP contribution in [0.25, 0.3) is 10.9 Å². The van der Waals surface area contributed by atoms with Crippen molar-refractivity contribution in [2.24, 2.45) is 4.99 Å². The van der Waals surface area contributed by atoms with E-state index in [0.29, 0.717) is 28.9 Å². The van der Waals surface area contributed by atoms with Crippen molar-refractivity contribution in [1.82, 2.24) is 9.63 Å². The number of aromatic nitrogens is 1. The molecule has 0 N–H and O–H groups in total. The number of allylic oxidation sites excluding steroid dienone is 2. The van der Waals surface area contributed by atoms with Crippen LogP contribution in [0.2, 0.25) is 0 Å². The molecule has 0 saturated heterocycles. The fraction of sp³-hybridized carbons (Fsp3) is 0.211. The molecule has 0 fully saturated rings. The number of aliphatic imine (C=N–C) groups is 1. The molecular weight excluding hydrogens is 318 g/mol. The van der Waals surface area contributed by atoms with Gasteiger partial charge >= 0.3 is 0 Å². The number of amides is 1. The minimum atomic E-state index is -0.510. The van der Waals surface area contributed by atoms with Crippen LogP contribution in [0.15, 0.2) is 65.2 Å². The van der Waals surface area contributed by atoms with E-state index in [9.17, 15) is 9.59 Å². The average molecular weight is 339 g/mol. The number of para-hydroxylation sites is 1. The number of hydrogen-bond acceptors (Lipinski definition) is 4. The summed E-state index contributed by atoms with van der Waals surface area (Å²) in [5.41, 5.74) is 1.73. The van der Waals surface area contributed by atoms with E-state index in [-0.39, 0.29) is 11.0 Å². The Balaban J connectivity index is 2.69. The van der Waals surface area contributed by atoms with Crippen LogP contribution in [0.3, 0.4) is 0 Å². The van der Waals surface area contributed by atoms with Gasteiger partial charge in [0.05, 0.1) is 24.9 Å². The molecule has 2 rings (SSSR count). The zero-order chi connectivity index (χ0) is 18.6. The third-order valence-corrected chi connectivity index (χ3v) is 3.68. The summed E-state index contributed by atoms with van der Waals surface area (Å²) >= 11 is 0. The third kappa shape index (κ3) is 3.92. The molecule has 0 radical (unpaired) electrons. The molecule has 0 unspecified atom stereocenters. The predicted molar refractivity (Wildman–Crippen MR) is 99.8 cm³/mol. The van der Waals surface area contributed by atoms with Gasteiger partial charge in [0.1, 0.15) is 5.56 Å². The first-order valence-electron chi connectivity index (χ1n) is 7.69. The van der Waals surface area contributed by atoms with Crippen LogP contribution in [0.1, 0.15) is 17.3 Å². The Morgan fingerprint density at radius 1 is 1.40 bits per heavy atom. The Kier molecular flexibility index (Phi) is 5.67. The monoisotopic (exact) mass is 339 g/mol. The highest BCUT2D eigenvalue weighted by Gasteiger charge is 2.19. The number of fused-ring (bicyclic) bond motifs is 1. The number of rotatable bonds is 6. The summed E-state index contributed by atoms with van der Waals surface area (Å²) < 4.78 is 1.80. The van der Waals surface area contributed by atoms with E-state index in [1.54, 1.807) is 29.7 Å². The molecule has 1 aromatic carbocycles. The fourth-order valence-corrected chi connectivity index (χ4v) is 2.45. The second-order valence-electron chi connectivity index (χ2n) is 5.54. The van der Waals surface area contributed by atoms with Crippen LogP contribution in [0, 0.1) is 0 Å². The number of carbonyl (C=O) groups is 1. The molecule has 1 amide bonds. The maximum absolute atomic E-state index is 12.7. The number of benzene rings is 1. The lowest BCUT2D eigenvalue weighted by Crippen LogP contribution is -2.31. The highest BCUT2D eigenvalue weighted by atomic mass is 16.7. The summed E-state index contributed by atoms with van der Waals surface area (Å²) in [6.45, 7) is 9.68. The highest BCUT2D eigenvalue weighted by molar-refractivity contribution is 5.98. The lowest BCUT2D eigenvalue weighted by Gasteiger charge is -2.17. The maximum Gasteiger partial charge on any atom is 0.282 e. The van der Waals surface area contributed by atoms with E-state index < -0.39 is 5.91 Å². The molecule has 25 heavy (non-hydrogen) atoms. The molecule has 0 atom stereocenters. The van der Waals surface area contributed by atoms with Crippen molar-refractivity contribution in [3.05, 3.63) is 71.2 Å². The van der Waals surface area contributed by atoms with Gasteiger partial charge in [0.2, 0.25) is 5.43 Å². The topological polar surface area (TPSA) is 63.9 Å². The van der Waals surface area contributed by atoms with Crippen LogP contribution in [0.4, 0.5) is 0 Å². The van der Waals surface area contributed by atoms with Crippen LogP contribution in [0.5, 0.6) is 0 Å². The molecule has 0 bridgehead atoms. The molecule has 0 aliphatic carbocycles. The lowest BCUT2D eigenvalue weighted by molar-refractivity contribution is -0.0758. The van der Waals surface area contributed by atoms with Gasteiger partial charge in [-0.1, -0.05) is 25.3 Å². The van der Waals surface area contributed by atoms with E-state index in [4.69, 9.17) is 4.84 Å². The van der Waals surface area contributed by atoms with Crippen molar-refractivity contribution < 1.29 is 9.63 Å². The van der Waals surface area contributed by atoms with Gasteiger partial charge in [-0.05, 0) is 25.1 Å². The normalized spacial score (nSPS) is 11.4. The smallest absolute Gasteiger partial charge is 0.282 e. The SMILES string of the molecule is C=CC(Cn1cc(C(=O)N(C)OC)c(=O)c2ccccc21)=NC(=C)C. The molecule has 0 spiro atoms. The minimum absolute atomic E-state index is 0.0294. The zero-order valence-electron chi connectivity index (χ0n) is 14.7. The lowest BCUT2D eigenvalue weighted by atomic mass is 10.1. The third-order valence-electron chi connectivity index (χ3n) is 3.68. The number of hydroxylamine groups is 2. The molecular formula is C19H21N3O3. The van der Waals surface area contributed by atoms with Gasteiger partial charge in [0, 0.05) is 24.3 Å². The van der Waals surface area contributed by atoms with Gasteiger partial charge in [-0.15, -0.1) is 0 Å². The van der Waals surface area contributed by atoms with Crippen LogP contribution in [-0.4, -0.2) is 35.4 Å². The summed E-state index contributed by atoms with van der Waals surface area (Å²) in [6.07, 6.45) is 3.16. The predicted octanol–water partition coefficient (Wildman–Crippen LogP) is 2.80. The molecule has 1 heterocycles. The summed E-state index contributed by atoms with van der Waals surface area (Å²) in [5, 5.41) is 1.48. The van der Waals surface area contributed by atoms with Crippen molar-refractivity contribution in [2.75, 3.05) is 14.2 Å². The molecule has 130 valence electrons. The molecule has 0 saturated carbocycles. The van der Waals surface area contributed by atoms with Crippen molar-refractivity contribution in [3.8, 4) is 0 Å². The molecule has 6 nitrogen and oxygen atoms in total. The van der Waals surface area contributed by atoms with Crippen molar-refractivity contribution >= 4 is 22.5 Å². The van der Waals surface area contributed by atoms with Gasteiger partial charge in [0.25, 0.3) is 5.91 Å². The first-order valence-corrected chi connectivity index (χ1v) is 7.69. The molecule has 2 aromatic rings. The summed E-state index contributed by atoms with van der Waals surface area (Å²) in [4.78, 5) is 34.4. The highest BCUT2D eigenvalue weighted by Crippen LogP contribution is 2.13. The summed E-state index contributed by atoms with van der Waals surface area (Å²) in [7, 11) is 2.83. The van der Waals surface area contributed by atoms with Crippen molar-refractivity contribution in [1.29, 1.82) is 0 Å². The second-order valence-corrected chi connectivity index (χ2v) is 5.54. The van der Waals surface area contributed by atoms with Crippen molar-refractivity contribution in [2.45, 2.75) is 13.5 Å². The fourth-order valence-electron chi connectivity index (χ4n) is 2.45. The number of hydrogen-bond donors (Lipinski definition) is 0. The van der Waals surface area contributed by atoms with E-state index in [2.05, 4.69) is 18.2 Å². The Morgan fingerprint density at radius 3 is 2.68 bits per heavy atom. The standard InChI is InChI=1S/C19H21N3O3/c1-6-14(20-13(2)3)11-22-12-16(19(24)21(4)25-5)18(23)15-9-7-8-10-17(15)22/h6-10,12H,1-2,11H2,3-5H3.